The molecule has 3 nitrogen and oxygen atoms in total. The molecule has 2 atom stereocenters. The first-order chi connectivity index (χ1) is 21.7. The van der Waals surface area contributed by atoms with Crippen LogP contribution in [0.5, 0.6) is 0 Å². The van der Waals surface area contributed by atoms with Crippen LogP contribution in [0.2, 0.25) is 0 Å². The Morgan fingerprint density at radius 1 is 0.477 bits per heavy atom. The van der Waals surface area contributed by atoms with Crippen molar-refractivity contribution in [1.29, 1.82) is 0 Å². The lowest BCUT2D eigenvalue weighted by molar-refractivity contribution is -0.193. The molecule has 0 aromatic rings. The maximum absolute atomic E-state index is 6.70. The number of likely N-dealkylation sites (tertiary alicyclic amines) is 1. The smallest absolute Gasteiger partial charge is 0.169 e. The van der Waals surface area contributed by atoms with E-state index >= 15 is 0 Å². The second kappa shape index (κ2) is 27.0. The van der Waals surface area contributed by atoms with Gasteiger partial charge in [-0.1, -0.05) is 140 Å². The Kier molecular flexibility index (Phi) is 23.9. The molecular weight excluding hydrogens is 538 g/mol. The number of nitrogens with zero attached hydrogens (tertiary/aromatic N) is 1. The standard InChI is InChI=1S/C41H73NO2/c1-4-6-8-10-12-14-16-18-20-22-24-26-28-30-32-34-36-41(43-39-37-42(3)38-40(39)44-41)35-33-31-29-27-25-23-21-19-17-15-13-11-9-7-5-2/h11-14,17-20,39-40H,4-10,15-16,21-38H2,1-3H3/b13-11-,14-12-,19-17-,20-18-. The second-order valence-corrected chi connectivity index (χ2v) is 13.8. The first kappa shape index (κ1) is 39.0. The fourth-order valence-electron chi connectivity index (χ4n) is 6.67. The molecule has 2 aliphatic rings. The summed E-state index contributed by atoms with van der Waals surface area (Å²) in [5.74, 6) is -0.304. The van der Waals surface area contributed by atoms with Crippen LogP contribution in [0, 0.1) is 0 Å². The predicted octanol–water partition coefficient (Wildman–Crippen LogP) is 12.4. The van der Waals surface area contributed by atoms with Gasteiger partial charge in [0.15, 0.2) is 5.79 Å². The Balaban J connectivity index is 1.50. The van der Waals surface area contributed by atoms with Crippen molar-refractivity contribution in [1.82, 2.24) is 4.90 Å². The minimum absolute atomic E-state index is 0.282. The van der Waals surface area contributed by atoms with Gasteiger partial charge in [0.2, 0.25) is 0 Å². The third kappa shape index (κ3) is 19.4. The molecular formula is C41H73NO2. The van der Waals surface area contributed by atoms with Crippen molar-refractivity contribution in [3.05, 3.63) is 48.6 Å². The highest BCUT2D eigenvalue weighted by atomic mass is 16.8. The molecule has 0 aromatic heterocycles. The summed E-state index contributed by atoms with van der Waals surface area (Å²) in [4.78, 5) is 2.36. The van der Waals surface area contributed by atoms with Gasteiger partial charge in [0.05, 0.1) is 0 Å². The van der Waals surface area contributed by atoms with Crippen LogP contribution >= 0.6 is 0 Å². The SMILES string of the molecule is CCCC/C=C\C/C=C\CCCCCCCCC1(CCCCCCCC/C=C\C/C=C\CCCCC)OC2CN(C)CC2O1. The van der Waals surface area contributed by atoms with E-state index < -0.39 is 0 Å². The van der Waals surface area contributed by atoms with E-state index in [9.17, 15) is 0 Å². The van der Waals surface area contributed by atoms with Crippen LogP contribution in [0.4, 0.5) is 0 Å². The van der Waals surface area contributed by atoms with Crippen molar-refractivity contribution < 1.29 is 9.47 Å². The van der Waals surface area contributed by atoms with Gasteiger partial charge in [0, 0.05) is 25.9 Å². The van der Waals surface area contributed by atoms with Crippen LogP contribution in [0.1, 0.15) is 174 Å². The zero-order chi connectivity index (χ0) is 31.4. The van der Waals surface area contributed by atoms with Gasteiger partial charge in [-0.25, -0.2) is 0 Å². The summed E-state index contributed by atoms with van der Waals surface area (Å²) < 4.78 is 13.4. The molecule has 0 N–H and O–H groups in total. The van der Waals surface area contributed by atoms with Gasteiger partial charge in [-0.15, -0.1) is 0 Å². The summed E-state index contributed by atoms with van der Waals surface area (Å²) in [5.41, 5.74) is 0. The number of hydrogen-bond donors (Lipinski definition) is 0. The van der Waals surface area contributed by atoms with E-state index in [2.05, 4.69) is 74.4 Å². The molecule has 0 radical (unpaired) electrons. The van der Waals surface area contributed by atoms with E-state index in [0.717, 1.165) is 38.8 Å². The molecule has 2 aliphatic heterocycles. The van der Waals surface area contributed by atoms with Gasteiger partial charge >= 0.3 is 0 Å². The number of fused-ring (bicyclic) bond motifs is 1. The third-order valence-corrected chi connectivity index (χ3v) is 9.40. The highest BCUT2D eigenvalue weighted by Crippen LogP contribution is 2.40. The molecule has 254 valence electrons. The summed E-state index contributed by atoms with van der Waals surface area (Å²) in [6.07, 6.45) is 51.2. The van der Waals surface area contributed by atoms with E-state index in [1.165, 1.54) is 135 Å². The van der Waals surface area contributed by atoms with Crippen LogP contribution < -0.4 is 0 Å². The Labute approximate surface area is 275 Å². The molecule has 0 aliphatic carbocycles. The molecule has 2 heterocycles. The minimum Gasteiger partial charge on any atom is -0.343 e. The summed E-state index contributed by atoms with van der Waals surface area (Å²) in [5, 5.41) is 0. The lowest BCUT2D eigenvalue weighted by atomic mass is 9.98. The molecule has 0 aromatic carbocycles. The Hall–Kier alpha value is -1.16. The molecule has 0 saturated carbocycles. The van der Waals surface area contributed by atoms with Crippen LogP contribution in [-0.4, -0.2) is 43.0 Å². The number of allylic oxidation sites excluding steroid dienone is 8. The first-order valence-electron chi connectivity index (χ1n) is 19.3. The second-order valence-electron chi connectivity index (χ2n) is 13.8. The van der Waals surface area contributed by atoms with Crippen LogP contribution in [0.15, 0.2) is 48.6 Å². The zero-order valence-electron chi connectivity index (χ0n) is 29.6. The lowest BCUT2D eigenvalue weighted by Gasteiger charge is -2.30. The Bertz CT molecular complexity index is 755. The van der Waals surface area contributed by atoms with E-state index in [1.54, 1.807) is 0 Å². The van der Waals surface area contributed by atoms with Gasteiger partial charge in [0.1, 0.15) is 12.2 Å². The number of hydrogen-bond acceptors (Lipinski definition) is 3. The molecule has 0 spiro atoms. The van der Waals surface area contributed by atoms with Gasteiger partial charge in [-0.3, -0.25) is 0 Å². The summed E-state index contributed by atoms with van der Waals surface area (Å²) in [6.45, 7) is 6.58. The molecule has 0 bridgehead atoms. The van der Waals surface area contributed by atoms with Crippen LogP contribution in [-0.2, 0) is 9.47 Å². The fraction of sp³-hybridized carbons (Fsp3) is 0.805. The topological polar surface area (TPSA) is 21.7 Å². The fourth-order valence-corrected chi connectivity index (χ4v) is 6.67. The molecule has 44 heavy (non-hydrogen) atoms. The number of unbranched alkanes of at least 4 members (excludes halogenated alkanes) is 17. The summed E-state index contributed by atoms with van der Waals surface area (Å²) in [6, 6.07) is 0. The lowest BCUT2D eigenvalue weighted by Crippen LogP contribution is -2.34. The van der Waals surface area contributed by atoms with Crippen molar-refractivity contribution in [2.24, 2.45) is 0 Å². The monoisotopic (exact) mass is 612 g/mol. The van der Waals surface area contributed by atoms with Gasteiger partial charge in [-0.2, -0.15) is 0 Å². The maximum Gasteiger partial charge on any atom is 0.169 e. The molecule has 2 saturated heterocycles. The van der Waals surface area contributed by atoms with Crippen molar-refractivity contribution in [3.8, 4) is 0 Å². The molecule has 2 rings (SSSR count). The van der Waals surface area contributed by atoms with Crippen molar-refractivity contribution in [3.63, 3.8) is 0 Å². The Morgan fingerprint density at radius 2 is 0.841 bits per heavy atom. The quantitative estimate of drug-likeness (QED) is 0.0620. The molecule has 2 fully saturated rings. The minimum atomic E-state index is -0.304. The summed E-state index contributed by atoms with van der Waals surface area (Å²) >= 11 is 0. The highest BCUT2D eigenvalue weighted by Gasteiger charge is 2.49. The number of likely N-dealkylation sites (N-methyl/N-ethyl adjacent to an activating group) is 1. The van der Waals surface area contributed by atoms with E-state index in [-0.39, 0.29) is 18.0 Å². The average molecular weight is 612 g/mol. The van der Waals surface area contributed by atoms with Crippen LogP contribution in [0.3, 0.4) is 0 Å². The summed E-state index contributed by atoms with van der Waals surface area (Å²) in [7, 11) is 2.19. The molecule has 0 amide bonds. The number of ether oxygens (including phenoxy) is 2. The van der Waals surface area contributed by atoms with Crippen LogP contribution in [0.25, 0.3) is 0 Å². The maximum atomic E-state index is 6.70. The average Bonchev–Trinajstić information content (AvgIpc) is 3.52. The van der Waals surface area contributed by atoms with E-state index in [0.29, 0.717) is 0 Å². The Morgan fingerprint density at radius 3 is 1.27 bits per heavy atom. The van der Waals surface area contributed by atoms with Crippen molar-refractivity contribution in [2.45, 2.75) is 192 Å². The zero-order valence-corrected chi connectivity index (χ0v) is 29.6. The third-order valence-electron chi connectivity index (χ3n) is 9.40. The van der Waals surface area contributed by atoms with Crippen molar-refractivity contribution >= 4 is 0 Å². The highest BCUT2D eigenvalue weighted by molar-refractivity contribution is 4.95. The molecule has 3 heteroatoms. The first-order valence-corrected chi connectivity index (χ1v) is 19.3. The van der Waals surface area contributed by atoms with E-state index in [1.807, 2.05) is 0 Å². The predicted molar refractivity (Wildman–Crippen MR) is 193 cm³/mol. The normalized spacial score (nSPS) is 22.6. The van der Waals surface area contributed by atoms with Gasteiger partial charge < -0.3 is 14.4 Å². The number of rotatable bonds is 29. The van der Waals surface area contributed by atoms with E-state index in [4.69, 9.17) is 9.47 Å². The largest absolute Gasteiger partial charge is 0.343 e. The van der Waals surface area contributed by atoms with Gasteiger partial charge in [-0.05, 0) is 77.7 Å². The molecule has 2 unspecified atom stereocenters. The van der Waals surface area contributed by atoms with Gasteiger partial charge in [0.25, 0.3) is 0 Å². The van der Waals surface area contributed by atoms with Crippen molar-refractivity contribution in [2.75, 3.05) is 20.1 Å².